The Hall–Kier alpha value is -4.06. The topological polar surface area (TPSA) is 124 Å². The molecule has 0 unspecified atom stereocenters. The van der Waals surface area contributed by atoms with Crippen LogP contribution in [0.3, 0.4) is 0 Å². The number of rotatable bonds is 6. The molecule has 2 heterocycles. The van der Waals surface area contributed by atoms with Gasteiger partial charge < -0.3 is 5.32 Å². The lowest BCUT2D eigenvalue weighted by molar-refractivity contribution is -0.384. The van der Waals surface area contributed by atoms with Gasteiger partial charge in [0.15, 0.2) is 4.96 Å². The highest BCUT2D eigenvalue weighted by molar-refractivity contribution is 7.93. The van der Waals surface area contributed by atoms with Crippen LogP contribution in [0.2, 0.25) is 5.02 Å². The number of fused-ring (bicyclic) bond motifs is 1. The Bertz CT molecular complexity index is 1710. The Morgan fingerprint density at radius 3 is 2.31 bits per heavy atom. The maximum absolute atomic E-state index is 13.2. The summed E-state index contributed by atoms with van der Waals surface area (Å²) in [5, 5.41) is 14.2. The molecule has 0 aliphatic rings. The molecule has 12 heteroatoms. The van der Waals surface area contributed by atoms with Gasteiger partial charge in [0.1, 0.15) is 15.7 Å². The van der Waals surface area contributed by atoms with E-state index in [4.69, 9.17) is 11.6 Å². The fourth-order valence-corrected chi connectivity index (χ4v) is 6.28. The first-order valence-electron chi connectivity index (χ1n) is 10.4. The van der Waals surface area contributed by atoms with Gasteiger partial charge in [-0.3, -0.25) is 19.3 Å². The predicted octanol–water partition coefficient (Wildman–Crippen LogP) is 5.71. The molecule has 0 atom stereocenters. The van der Waals surface area contributed by atoms with Crippen LogP contribution >= 0.6 is 22.9 Å². The van der Waals surface area contributed by atoms with Gasteiger partial charge in [-0.1, -0.05) is 53.3 Å². The number of nitro groups is 1. The van der Waals surface area contributed by atoms with Gasteiger partial charge in [-0.25, -0.2) is 13.4 Å². The lowest BCUT2D eigenvalue weighted by Gasteiger charge is -2.08. The molecule has 0 fully saturated rings. The van der Waals surface area contributed by atoms with E-state index in [1.165, 1.54) is 22.7 Å². The van der Waals surface area contributed by atoms with E-state index in [0.29, 0.717) is 27.1 Å². The normalized spacial score (nSPS) is 11.5. The Morgan fingerprint density at radius 2 is 1.67 bits per heavy atom. The number of amides is 1. The Labute approximate surface area is 213 Å². The van der Waals surface area contributed by atoms with Gasteiger partial charge in [0.25, 0.3) is 11.6 Å². The zero-order valence-corrected chi connectivity index (χ0v) is 20.5. The summed E-state index contributed by atoms with van der Waals surface area (Å²) in [4.78, 5) is 28.2. The van der Waals surface area contributed by atoms with Crippen LogP contribution in [0.25, 0.3) is 16.2 Å². The number of anilines is 1. The molecule has 0 radical (unpaired) electrons. The number of hydrogen-bond acceptors (Lipinski definition) is 7. The summed E-state index contributed by atoms with van der Waals surface area (Å²) < 4.78 is 27.9. The van der Waals surface area contributed by atoms with Crippen molar-refractivity contribution >= 4 is 55.1 Å². The number of nitrogens with zero attached hydrogens (tertiary/aromatic N) is 3. The maximum atomic E-state index is 13.2. The molecule has 5 aromatic rings. The van der Waals surface area contributed by atoms with Crippen molar-refractivity contribution in [3.63, 3.8) is 0 Å². The van der Waals surface area contributed by atoms with E-state index in [1.807, 2.05) is 30.3 Å². The Kier molecular flexibility index (Phi) is 6.04. The second kappa shape index (κ2) is 9.19. The minimum Gasteiger partial charge on any atom is -0.306 e. The van der Waals surface area contributed by atoms with E-state index in [0.717, 1.165) is 29.0 Å². The van der Waals surface area contributed by atoms with Gasteiger partial charge in [0.2, 0.25) is 9.84 Å². The van der Waals surface area contributed by atoms with Crippen molar-refractivity contribution in [3.05, 3.63) is 106 Å². The van der Waals surface area contributed by atoms with Crippen LogP contribution in [0.15, 0.2) is 94.2 Å². The molecular formula is C24H15ClN4O5S2. The minimum absolute atomic E-state index is 0.0274. The van der Waals surface area contributed by atoms with Gasteiger partial charge in [0.05, 0.1) is 9.82 Å². The van der Waals surface area contributed by atoms with Crippen LogP contribution in [-0.2, 0) is 9.84 Å². The molecule has 3 aromatic carbocycles. The van der Waals surface area contributed by atoms with Crippen molar-refractivity contribution in [3.8, 4) is 11.3 Å². The summed E-state index contributed by atoms with van der Waals surface area (Å²) in [5.74, 6) is -0.117. The minimum atomic E-state index is -3.99. The first kappa shape index (κ1) is 23.7. The summed E-state index contributed by atoms with van der Waals surface area (Å²) in [6, 6.07) is 20.2. The number of carbonyl (C=O) groups is 1. The molecule has 0 saturated heterocycles. The van der Waals surface area contributed by atoms with Crippen LogP contribution in [0, 0.1) is 10.1 Å². The summed E-state index contributed by atoms with van der Waals surface area (Å²) in [6.07, 6.45) is 1.38. The quantitative estimate of drug-likeness (QED) is 0.218. The number of carbonyl (C=O) groups excluding carboxylic acids is 1. The first-order valence-corrected chi connectivity index (χ1v) is 13.1. The highest BCUT2D eigenvalue weighted by Gasteiger charge is 2.26. The second-order valence-electron chi connectivity index (χ2n) is 7.59. The zero-order valence-electron chi connectivity index (χ0n) is 18.2. The van der Waals surface area contributed by atoms with Crippen molar-refractivity contribution in [2.24, 2.45) is 0 Å². The molecule has 36 heavy (non-hydrogen) atoms. The fourth-order valence-electron chi connectivity index (χ4n) is 3.51. The molecule has 0 bridgehead atoms. The molecule has 0 saturated carbocycles. The molecule has 5 rings (SSSR count). The Balaban J connectivity index is 1.59. The molecule has 180 valence electrons. The first-order chi connectivity index (χ1) is 17.2. The highest BCUT2D eigenvalue weighted by atomic mass is 35.5. The van der Waals surface area contributed by atoms with Gasteiger partial charge >= 0.3 is 0 Å². The summed E-state index contributed by atoms with van der Waals surface area (Å²) in [6.45, 7) is 0. The van der Waals surface area contributed by atoms with Crippen LogP contribution in [-0.4, -0.2) is 28.6 Å². The lowest BCUT2D eigenvalue weighted by atomic mass is 10.1. The zero-order chi connectivity index (χ0) is 25.4. The number of nitrogens with one attached hydrogen (secondary N) is 1. The summed E-state index contributed by atoms with van der Waals surface area (Å²) >= 11 is 6.85. The number of hydrogen-bond donors (Lipinski definition) is 1. The number of imidazole rings is 1. The van der Waals surface area contributed by atoms with Crippen LogP contribution < -0.4 is 5.32 Å². The molecule has 1 N–H and O–H groups in total. The van der Waals surface area contributed by atoms with Crippen LogP contribution in [0.1, 0.15) is 10.4 Å². The molecule has 2 aromatic heterocycles. The highest BCUT2D eigenvalue weighted by Crippen LogP contribution is 2.36. The van der Waals surface area contributed by atoms with Crippen molar-refractivity contribution < 1.29 is 18.1 Å². The number of non-ortho nitro benzene ring substituents is 1. The number of aromatic nitrogens is 2. The molecule has 0 aliphatic heterocycles. The van der Waals surface area contributed by atoms with Gasteiger partial charge in [-0.15, -0.1) is 0 Å². The summed E-state index contributed by atoms with van der Waals surface area (Å²) in [7, 11) is -3.99. The van der Waals surface area contributed by atoms with Crippen LogP contribution in [0.5, 0.6) is 0 Å². The third kappa shape index (κ3) is 4.35. The maximum Gasteiger partial charge on any atom is 0.269 e. The van der Waals surface area contributed by atoms with Gasteiger partial charge in [0, 0.05) is 34.5 Å². The SMILES string of the molecule is O=C(Nc1c(-c2ccccc2)nc2sc(S(=O)(=O)c3ccc([N+](=O)[O-])cc3)cn12)c1ccc(Cl)cc1. The van der Waals surface area contributed by atoms with E-state index in [9.17, 15) is 23.3 Å². The van der Waals surface area contributed by atoms with E-state index in [2.05, 4.69) is 10.3 Å². The van der Waals surface area contributed by atoms with E-state index in [1.54, 1.807) is 24.3 Å². The van der Waals surface area contributed by atoms with E-state index < -0.39 is 20.7 Å². The molecule has 1 amide bonds. The number of sulfone groups is 1. The Morgan fingerprint density at radius 1 is 1.00 bits per heavy atom. The van der Waals surface area contributed by atoms with Gasteiger partial charge in [-0.05, 0) is 36.4 Å². The van der Waals surface area contributed by atoms with E-state index in [-0.39, 0.29) is 14.8 Å². The van der Waals surface area contributed by atoms with Crippen LogP contribution in [0.4, 0.5) is 11.5 Å². The smallest absolute Gasteiger partial charge is 0.269 e. The summed E-state index contributed by atoms with van der Waals surface area (Å²) in [5.41, 5.74) is 1.36. The average Bonchev–Trinajstić information content (AvgIpc) is 3.45. The second-order valence-corrected chi connectivity index (χ2v) is 11.2. The third-order valence-corrected chi connectivity index (χ3v) is 8.78. The number of nitro benzene ring substituents is 1. The van der Waals surface area contributed by atoms with Crippen molar-refractivity contribution in [1.29, 1.82) is 0 Å². The fraction of sp³-hybridized carbons (Fsp3) is 0. The largest absolute Gasteiger partial charge is 0.306 e. The van der Waals surface area contributed by atoms with Crippen molar-refractivity contribution in [2.75, 3.05) is 5.32 Å². The lowest BCUT2D eigenvalue weighted by Crippen LogP contribution is -2.13. The van der Waals surface area contributed by atoms with E-state index >= 15 is 0 Å². The molecule has 0 aliphatic carbocycles. The van der Waals surface area contributed by atoms with Crippen molar-refractivity contribution in [1.82, 2.24) is 9.38 Å². The molecular weight excluding hydrogens is 524 g/mol. The monoisotopic (exact) mass is 538 g/mol. The van der Waals surface area contributed by atoms with Crippen molar-refractivity contribution in [2.45, 2.75) is 9.10 Å². The third-order valence-electron chi connectivity index (χ3n) is 5.31. The average molecular weight is 539 g/mol. The number of thiazole rings is 1. The van der Waals surface area contributed by atoms with Gasteiger partial charge in [-0.2, -0.15) is 0 Å². The molecule has 9 nitrogen and oxygen atoms in total. The number of halogens is 1. The molecule has 0 spiro atoms. The number of benzene rings is 3. The standard InChI is InChI=1S/C24H15ClN4O5S2/c25-17-8-6-16(7-9-17)23(30)27-22-21(15-4-2-1-3-5-15)26-24-28(22)14-20(35-24)36(33,34)19-12-10-18(11-13-19)29(31)32/h1-14H,(H,27,30). The predicted molar refractivity (Wildman–Crippen MR) is 136 cm³/mol.